The Morgan fingerprint density at radius 3 is 1.51 bits per heavy atom. The quantitative estimate of drug-likeness (QED) is 0.142. The van der Waals surface area contributed by atoms with E-state index in [9.17, 15) is 0 Å². The van der Waals surface area contributed by atoms with Crippen LogP contribution in [0.1, 0.15) is 26.3 Å². The molecule has 15 rings (SSSR count). The Labute approximate surface area is 467 Å². The van der Waals surface area contributed by atoms with Crippen LogP contribution in [0.15, 0.2) is 273 Å². The average Bonchev–Trinajstić information content (AvgIpc) is 3.68. The summed E-state index contributed by atoms with van der Waals surface area (Å²) in [5.74, 6) is 0.672. The van der Waals surface area contributed by atoms with Crippen molar-refractivity contribution in [1.29, 1.82) is 0 Å². The second kappa shape index (κ2) is 18.9. The van der Waals surface area contributed by atoms with Crippen LogP contribution in [0, 0.1) is 0 Å². The van der Waals surface area contributed by atoms with Crippen LogP contribution in [0.5, 0.6) is 0 Å². The fourth-order valence-electron chi connectivity index (χ4n) is 12.5. The molecule has 11 aromatic carbocycles. The first-order chi connectivity index (χ1) is 39.3. The van der Waals surface area contributed by atoms with Gasteiger partial charge in [0.2, 0.25) is 0 Å². The van der Waals surface area contributed by atoms with Crippen LogP contribution in [-0.4, -0.2) is 21.2 Å². The zero-order chi connectivity index (χ0) is 53.5. The molecule has 80 heavy (non-hydrogen) atoms. The number of benzene rings is 11. The van der Waals surface area contributed by atoms with Crippen LogP contribution >= 0.6 is 0 Å². The molecule has 6 heteroatoms. The third kappa shape index (κ3) is 7.86. The lowest BCUT2D eigenvalue weighted by Crippen LogP contribution is -2.61. The number of rotatable bonds is 8. The number of nitrogens with zero attached hydrogens (tertiary/aromatic N) is 5. The third-order valence-corrected chi connectivity index (χ3v) is 16.4. The summed E-state index contributed by atoms with van der Waals surface area (Å²) in [6.45, 7) is 6.95. The Kier molecular flexibility index (Phi) is 11.1. The fraction of sp³-hybridized carbons (Fsp3) is 0.0541. The Morgan fingerprint density at radius 2 is 0.850 bits per heavy atom. The Hall–Kier alpha value is -10.0. The standard InChI is InChI=1S/C74H54BN5/c1-74(2,3)55-42-44-67-60(47-55)58-29-13-16-32-65(58)80(67)66-43-41-54(73-76-63(51-21-7-4-8-22-51)48-64(77-73)52-23-9-5-10-24-52)46-59(66)50-39-37-49(38-40-50)53-25-19-28-57(45-53)79-69-34-18-15-31-62(69)75-61-30-14-17-33-68(61)78(56-26-11-6-12-27-56)70-35-20-36-71(79)72(70)75/h4-48H,1-3H3. The third-order valence-electron chi connectivity index (χ3n) is 16.4. The summed E-state index contributed by atoms with van der Waals surface area (Å²) < 4.78 is 2.45. The fourth-order valence-corrected chi connectivity index (χ4v) is 12.5. The second-order valence-electron chi connectivity index (χ2n) is 22.2. The predicted molar refractivity (Wildman–Crippen MR) is 336 cm³/mol. The Balaban J connectivity index is 0.873. The molecule has 13 aromatic rings. The molecule has 0 radical (unpaired) electrons. The maximum Gasteiger partial charge on any atom is 0.252 e. The van der Waals surface area contributed by atoms with Crippen molar-refractivity contribution in [2.75, 3.05) is 9.80 Å². The second-order valence-corrected chi connectivity index (χ2v) is 22.2. The molecule has 0 spiro atoms. The molecule has 0 bridgehead atoms. The molecule has 2 aliphatic heterocycles. The van der Waals surface area contributed by atoms with E-state index in [0.717, 1.165) is 78.4 Å². The Bertz CT molecular complexity index is 4470. The van der Waals surface area contributed by atoms with E-state index >= 15 is 0 Å². The van der Waals surface area contributed by atoms with Gasteiger partial charge in [0.25, 0.3) is 6.71 Å². The highest BCUT2D eigenvalue weighted by Gasteiger charge is 2.42. The molecule has 5 nitrogen and oxygen atoms in total. The lowest BCUT2D eigenvalue weighted by molar-refractivity contribution is 0.591. The van der Waals surface area contributed by atoms with Crippen LogP contribution < -0.4 is 26.2 Å². The highest BCUT2D eigenvalue weighted by atomic mass is 15.2. The minimum atomic E-state index is -0.00188. The Morgan fingerprint density at radius 1 is 0.338 bits per heavy atom. The molecule has 378 valence electrons. The van der Waals surface area contributed by atoms with Crippen molar-refractivity contribution in [2.45, 2.75) is 26.2 Å². The first-order valence-corrected chi connectivity index (χ1v) is 27.7. The number of aromatic nitrogens is 3. The van der Waals surface area contributed by atoms with Crippen molar-refractivity contribution in [2.24, 2.45) is 0 Å². The van der Waals surface area contributed by atoms with Gasteiger partial charge in [-0.1, -0.05) is 203 Å². The van der Waals surface area contributed by atoms with Gasteiger partial charge in [0, 0.05) is 67.2 Å². The molecule has 0 fully saturated rings. The summed E-state index contributed by atoms with van der Waals surface area (Å²) in [6.07, 6.45) is 0. The monoisotopic (exact) mass is 1020 g/mol. The molecule has 2 aromatic heterocycles. The highest BCUT2D eigenvalue weighted by molar-refractivity contribution is 7.00. The smallest absolute Gasteiger partial charge is 0.252 e. The lowest BCUT2D eigenvalue weighted by atomic mass is 9.33. The zero-order valence-electron chi connectivity index (χ0n) is 44.8. The predicted octanol–water partition coefficient (Wildman–Crippen LogP) is 17.3. The molecule has 0 aliphatic carbocycles. The highest BCUT2D eigenvalue weighted by Crippen LogP contribution is 2.45. The van der Waals surface area contributed by atoms with Crippen LogP contribution in [0.2, 0.25) is 0 Å². The van der Waals surface area contributed by atoms with Gasteiger partial charge < -0.3 is 14.4 Å². The molecular weight excluding hydrogens is 970 g/mol. The molecule has 0 N–H and O–H groups in total. The van der Waals surface area contributed by atoms with Crippen LogP contribution in [0.4, 0.5) is 34.1 Å². The van der Waals surface area contributed by atoms with Gasteiger partial charge in [0.05, 0.1) is 28.1 Å². The van der Waals surface area contributed by atoms with Crippen molar-refractivity contribution in [3.63, 3.8) is 0 Å². The summed E-state index contributed by atoms with van der Waals surface area (Å²) in [4.78, 5) is 15.5. The number of anilines is 6. The minimum Gasteiger partial charge on any atom is -0.311 e. The van der Waals surface area contributed by atoms with Gasteiger partial charge in [-0.3, -0.25) is 0 Å². The van der Waals surface area contributed by atoms with Gasteiger partial charge in [0.1, 0.15) is 0 Å². The first-order valence-electron chi connectivity index (χ1n) is 27.7. The van der Waals surface area contributed by atoms with Crippen molar-refractivity contribution >= 4 is 79.0 Å². The van der Waals surface area contributed by atoms with Crippen LogP contribution in [-0.2, 0) is 5.41 Å². The van der Waals surface area contributed by atoms with E-state index in [2.05, 4.69) is 296 Å². The van der Waals surface area contributed by atoms with Gasteiger partial charge >= 0.3 is 0 Å². The molecular formula is C74H54BN5. The molecule has 0 saturated carbocycles. The summed E-state index contributed by atoms with van der Waals surface area (Å²) in [7, 11) is 0. The van der Waals surface area contributed by atoms with Crippen LogP contribution in [0.3, 0.4) is 0 Å². The first kappa shape index (κ1) is 47.2. The van der Waals surface area contributed by atoms with Crippen molar-refractivity contribution in [1.82, 2.24) is 14.5 Å². The number of hydrogen-bond donors (Lipinski definition) is 0. The number of fused-ring (bicyclic) bond motifs is 7. The van der Waals surface area contributed by atoms with E-state index in [-0.39, 0.29) is 12.1 Å². The minimum absolute atomic E-state index is 0.00188. The molecule has 2 aliphatic rings. The van der Waals surface area contributed by atoms with E-state index in [1.54, 1.807) is 0 Å². The van der Waals surface area contributed by atoms with Gasteiger partial charge in [-0.2, -0.15) is 0 Å². The molecule has 4 heterocycles. The van der Waals surface area contributed by atoms with E-state index in [1.807, 2.05) is 12.1 Å². The maximum atomic E-state index is 5.31. The van der Waals surface area contributed by atoms with Crippen molar-refractivity contribution in [3.8, 4) is 61.8 Å². The summed E-state index contributed by atoms with van der Waals surface area (Å²) in [5, 5.41) is 2.47. The topological polar surface area (TPSA) is 37.2 Å². The van der Waals surface area contributed by atoms with Gasteiger partial charge in [-0.25, -0.2) is 9.97 Å². The lowest BCUT2D eigenvalue weighted by Gasteiger charge is -2.44. The van der Waals surface area contributed by atoms with E-state index < -0.39 is 0 Å². The largest absolute Gasteiger partial charge is 0.311 e. The maximum absolute atomic E-state index is 5.31. The molecule has 0 saturated heterocycles. The van der Waals surface area contributed by atoms with Crippen LogP contribution in [0.25, 0.3) is 83.6 Å². The molecule has 0 atom stereocenters. The number of para-hydroxylation sites is 4. The average molecular weight is 1020 g/mol. The summed E-state index contributed by atoms with van der Waals surface area (Å²) in [5.41, 5.74) is 24.9. The summed E-state index contributed by atoms with van der Waals surface area (Å²) in [6, 6.07) is 99.2. The van der Waals surface area contributed by atoms with E-state index in [4.69, 9.17) is 9.97 Å². The SMILES string of the molecule is CC(C)(C)c1ccc2c(c1)c1ccccc1n2-c1ccc(-c2nc(-c3ccccc3)cc(-c3ccccc3)n2)cc1-c1ccc(-c2cccc(N3c4ccccc4B4c5ccccc5N(c5ccccc5)c5cccc3c54)c2)cc1. The zero-order valence-corrected chi connectivity index (χ0v) is 44.8. The van der Waals surface area contributed by atoms with Gasteiger partial charge in [-0.15, -0.1) is 0 Å². The van der Waals surface area contributed by atoms with Gasteiger partial charge in [0.15, 0.2) is 5.82 Å². The molecule has 0 unspecified atom stereocenters. The summed E-state index contributed by atoms with van der Waals surface area (Å²) >= 11 is 0. The molecule has 0 amide bonds. The van der Waals surface area contributed by atoms with Crippen molar-refractivity contribution in [3.05, 3.63) is 279 Å². The van der Waals surface area contributed by atoms with Gasteiger partial charge in [-0.05, 0) is 135 Å². The van der Waals surface area contributed by atoms with Crippen molar-refractivity contribution < 1.29 is 0 Å². The van der Waals surface area contributed by atoms with E-state index in [0.29, 0.717) is 5.82 Å². The van der Waals surface area contributed by atoms with E-state index in [1.165, 1.54) is 55.5 Å². The number of hydrogen-bond acceptors (Lipinski definition) is 4. The normalized spacial score (nSPS) is 12.6.